The molecular weight excluding hydrogens is 235 g/mol. The lowest BCUT2D eigenvalue weighted by molar-refractivity contribution is 0.0620. The highest BCUT2D eigenvalue weighted by molar-refractivity contribution is 6.37. The van der Waals surface area contributed by atoms with Crippen molar-refractivity contribution in [3.63, 3.8) is 0 Å². The molecule has 1 heterocycles. The van der Waals surface area contributed by atoms with Crippen molar-refractivity contribution in [3.8, 4) is 5.75 Å². The zero-order chi connectivity index (χ0) is 11.2. The van der Waals surface area contributed by atoms with E-state index in [2.05, 4.69) is 0 Å². The topological polar surface area (TPSA) is 26.3 Å². The lowest BCUT2D eigenvalue weighted by Crippen LogP contribution is -2.36. The molecule has 0 aliphatic carbocycles. The van der Waals surface area contributed by atoms with E-state index in [0.29, 0.717) is 27.8 Å². The van der Waals surface area contributed by atoms with Crippen LogP contribution >= 0.6 is 23.2 Å². The van der Waals surface area contributed by atoms with Crippen molar-refractivity contribution in [1.82, 2.24) is 0 Å². The summed E-state index contributed by atoms with van der Waals surface area (Å²) in [6.45, 7) is 3.73. The molecule has 2 nitrogen and oxygen atoms in total. The first-order valence-electron chi connectivity index (χ1n) is 4.60. The maximum Gasteiger partial charge on any atom is 0.172 e. The fraction of sp³-hybridized carbons (Fsp3) is 0.364. The SMILES string of the molecule is CC1(C)CC(=O)c2c(Cl)cc(Cl)cc2O1. The van der Waals surface area contributed by atoms with Gasteiger partial charge < -0.3 is 4.74 Å². The zero-order valence-electron chi connectivity index (χ0n) is 8.43. The van der Waals surface area contributed by atoms with Gasteiger partial charge in [-0.15, -0.1) is 0 Å². The summed E-state index contributed by atoms with van der Waals surface area (Å²) in [6.07, 6.45) is 0.335. The van der Waals surface area contributed by atoms with Gasteiger partial charge >= 0.3 is 0 Å². The molecule has 4 heteroatoms. The van der Waals surface area contributed by atoms with Crippen molar-refractivity contribution in [2.24, 2.45) is 0 Å². The number of hydrogen-bond donors (Lipinski definition) is 0. The van der Waals surface area contributed by atoms with Gasteiger partial charge in [0.2, 0.25) is 0 Å². The Balaban J connectivity index is 2.60. The largest absolute Gasteiger partial charge is 0.487 e. The zero-order valence-corrected chi connectivity index (χ0v) is 9.95. The van der Waals surface area contributed by atoms with E-state index in [9.17, 15) is 4.79 Å². The molecule has 0 fully saturated rings. The Bertz CT molecular complexity index is 438. The van der Waals surface area contributed by atoms with Crippen LogP contribution in [0.1, 0.15) is 30.6 Å². The van der Waals surface area contributed by atoms with E-state index < -0.39 is 5.60 Å². The third-order valence-corrected chi connectivity index (χ3v) is 2.79. The van der Waals surface area contributed by atoms with Crippen molar-refractivity contribution < 1.29 is 9.53 Å². The number of ether oxygens (including phenoxy) is 1. The number of carbonyl (C=O) groups is 1. The molecule has 15 heavy (non-hydrogen) atoms. The van der Waals surface area contributed by atoms with E-state index in [1.165, 1.54) is 0 Å². The molecule has 0 N–H and O–H groups in total. The Morgan fingerprint density at radius 1 is 1.33 bits per heavy atom. The molecule has 1 aliphatic rings. The van der Waals surface area contributed by atoms with Crippen LogP contribution in [0.15, 0.2) is 12.1 Å². The van der Waals surface area contributed by atoms with Gasteiger partial charge in [0.05, 0.1) is 17.0 Å². The molecule has 0 atom stereocenters. The number of halogens is 2. The van der Waals surface area contributed by atoms with E-state index in [1.807, 2.05) is 13.8 Å². The monoisotopic (exact) mass is 244 g/mol. The van der Waals surface area contributed by atoms with Crippen molar-refractivity contribution in [2.45, 2.75) is 25.9 Å². The molecule has 1 aliphatic heterocycles. The van der Waals surface area contributed by atoms with E-state index in [-0.39, 0.29) is 5.78 Å². The van der Waals surface area contributed by atoms with Crippen molar-refractivity contribution >= 4 is 29.0 Å². The fourth-order valence-corrected chi connectivity index (χ4v) is 2.29. The third kappa shape index (κ3) is 1.97. The molecule has 0 aromatic heterocycles. The van der Waals surface area contributed by atoms with Crippen LogP contribution in [0.5, 0.6) is 5.75 Å². The van der Waals surface area contributed by atoms with Gasteiger partial charge in [-0.1, -0.05) is 23.2 Å². The number of benzene rings is 1. The molecule has 0 saturated heterocycles. The van der Waals surface area contributed by atoms with Crippen LogP contribution in [0.2, 0.25) is 10.0 Å². The van der Waals surface area contributed by atoms with E-state index in [4.69, 9.17) is 27.9 Å². The van der Waals surface area contributed by atoms with Crippen LogP contribution in [0.3, 0.4) is 0 Å². The van der Waals surface area contributed by atoms with E-state index >= 15 is 0 Å². The number of ketones is 1. The molecule has 0 unspecified atom stereocenters. The second-order valence-electron chi connectivity index (χ2n) is 4.22. The average molecular weight is 245 g/mol. The lowest BCUT2D eigenvalue weighted by atomic mass is 9.93. The molecule has 0 saturated carbocycles. The van der Waals surface area contributed by atoms with Gasteiger partial charge in [0, 0.05) is 5.02 Å². The summed E-state index contributed by atoms with van der Waals surface area (Å²) in [5.41, 5.74) is -0.0432. The number of Topliss-reactive ketones (excluding diaryl/α,β-unsaturated/α-hetero) is 1. The van der Waals surface area contributed by atoms with Crippen molar-refractivity contribution in [2.75, 3.05) is 0 Å². The molecule has 0 radical (unpaired) electrons. The third-order valence-electron chi connectivity index (χ3n) is 2.27. The minimum atomic E-state index is -0.488. The summed E-state index contributed by atoms with van der Waals surface area (Å²) < 4.78 is 5.66. The Morgan fingerprint density at radius 2 is 2.00 bits per heavy atom. The average Bonchev–Trinajstić information content (AvgIpc) is 1.97. The van der Waals surface area contributed by atoms with Gasteiger partial charge in [0.15, 0.2) is 5.78 Å². The van der Waals surface area contributed by atoms with Crippen LogP contribution < -0.4 is 4.74 Å². The minimum Gasteiger partial charge on any atom is -0.487 e. The maximum atomic E-state index is 11.8. The fourth-order valence-electron chi connectivity index (χ4n) is 1.71. The second-order valence-corrected chi connectivity index (χ2v) is 5.07. The maximum absolute atomic E-state index is 11.8. The van der Waals surface area contributed by atoms with Crippen LogP contribution in [0, 0.1) is 0 Å². The quantitative estimate of drug-likeness (QED) is 0.695. The van der Waals surface area contributed by atoms with Crippen LogP contribution in [0.4, 0.5) is 0 Å². The Kier molecular flexibility index (Phi) is 2.44. The molecule has 1 aromatic rings. The first-order valence-corrected chi connectivity index (χ1v) is 5.36. The van der Waals surface area contributed by atoms with Crippen molar-refractivity contribution in [1.29, 1.82) is 0 Å². The molecule has 0 spiro atoms. The van der Waals surface area contributed by atoms with Gasteiger partial charge in [-0.05, 0) is 26.0 Å². The summed E-state index contributed by atoms with van der Waals surface area (Å²) in [6, 6.07) is 3.18. The van der Waals surface area contributed by atoms with Gasteiger partial charge in [0.1, 0.15) is 11.4 Å². The van der Waals surface area contributed by atoms with Crippen LogP contribution in [-0.4, -0.2) is 11.4 Å². The molecule has 1 aromatic carbocycles. The summed E-state index contributed by atoms with van der Waals surface area (Å²) in [5, 5.41) is 0.835. The molecule has 0 amide bonds. The summed E-state index contributed by atoms with van der Waals surface area (Å²) in [7, 11) is 0. The number of carbonyl (C=O) groups excluding carboxylic acids is 1. The normalized spacial score (nSPS) is 18.3. The van der Waals surface area contributed by atoms with E-state index in [1.54, 1.807) is 12.1 Å². The van der Waals surface area contributed by atoms with Gasteiger partial charge in [-0.2, -0.15) is 0 Å². The Hall–Kier alpha value is -0.730. The first-order chi connectivity index (χ1) is 6.89. The first kappa shape index (κ1) is 10.8. The van der Waals surface area contributed by atoms with E-state index in [0.717, 1.165) is 0 Å². The summed E-state index contributed by atoms with van der Waals surface area (Å²) in [5.74, 6) is 0.483. The number of fused-ring (bicyclic) bond motifs is 1. The molecule has 80 valence electrons. The number of rotatable bonds is 0. The van der Waals surface area contributed by atoms with Gasteiger partial charge in [-0.3, -0.25) is 4.79 Å². The highest BCUT2D eigenvalue weighted by atomic mass is 35.5. The van der Waals surface area contributed by atoms with Gasteiger partial charge in [-0.25, -0.2) is 0 Å². The second kappa shape index (κ2) is 3.39. The Morgan fingerprint density at radius 3 is 2.67 bits per heavy atom. The summed E-state index contributed by atoms with van der Waals surface area (Å²) in [4.78, 5) is 11.8. The highest BCUT2D eigenvalue weighted by Crippen LogP contribution is 2.38. The van der Waals surface area contributed by atoms with Gasteiger partial charge in [0.25, 0.3) is 0 Å². The predicted octanol–water partition coefficient (Wildman–Crippen LogP) is 3.74. The van der Waals surface area contributed by atoms with Crippen LogP contribution in [0.25, 0.3) is 0 Å². The standard InChI is InChI=1S/C11H10Cl2O2/c1-11(2)5-8(14)10-7(13)3-6(12)4-9(10)15-11/h3-4H,5H2,1-2H3. The Labute approximate surface area is 98.1 Å². The molecular formula is C11H10Cl2O2. The van der Waals surface area contributed by atoms with Crippen LogP contribution in [-0.2, 0) is 0 Å². The minimum absolute atomic E-state index is 0.00270. The lowest BCUT2D eigenvalue weighted by Gasteiger charge is -2.31. The molecule has 2 rings (SSSR count). The van der Waals surface area contributed by atoms with Crippen molar-refractivity contribution in [3.05, 3.63) is 27.7 Å². The smallest absolute Gasteiger partial charge is 0.172 e. The highest BCUT2D eigenvalue weighted by Gasteiger charge is 2.34. The summed E-state index contributed by atoms with van der Waals surface area (Å²) >= 11 is 11.8. The molecule has 0 bridgehead atoms. The number of hydrogen-bond acceptors (Lipinski definition) is 2. The predicted molar refractivity (Wildman–Crippen MR) is 60.1 cm³/mol.